The Morgan fingerprint density at radius 1 is 1.31 bits per heavy atom. The Hall–Kier alpha value is -0.610. The van der Waals surface area contributed by atoms with E-state index >= 15 is 0 Å². The van der Waals surface area contributed by atoms with Gasteiger partial charge in [-0.3, -0.25) is 4.79 Å². The minimum atomic E-state index is -0.438. The fourth-order valence-corrected chi connectivity index (χ4v) is 1.26. The van der Waals surface area contributed by atoms with Crippen LogP contribution in [0.5, 0.6) is 0 Å². The fourth-order valence-electron chi connectivity index (χ4n) is 1.26. The average molecular weight is 230 g/mol. The molecule has 0 fully saturated rings. The number of methoxy groups -OCH3 is 1. The number of hydrogen-bond donors (Lipinski definition) is 2. The zero-order valence-electron chi connectivity index (χ0n) is 11.0. The van der Waals surface area contributed by atoms with Crippen molar-refractivity contribution >= 4 is 5.91 Å². The lowest BCUT2D eigenvalue weighted by Crippen LogP contribution is -2.48. The van der Waals surface area contributed by atoms with Crippen LogP contribution in [0, 0.1) is 5.41 Å². The molecule has 0 saturated carbocycles. The molecule has 0 heterocycles. The summed E-state index contributed by atoms with van der Waals surface area (Å²) in [5.74, 6) is -0.0563. The Kier molecular flexibility index (Phi) is 7.34. The molecule has 0 spiro atoms. The topological polar surface area (TPSA) is 64.3 Å². The second-order valence-electron chi connectivity index (χ2n) is 5.19. The van der Waals surface area contributed by atoms with E-state index in [1.807, 2.05) is 20.8 Å². The molecule has 0 aliphatic carbocycles. The minimum absolute atomic E-state index is 0.0563. The predicted molar refractivity (Wildman–Crippen MR) is 66.2 cm³/mol. The molecule has 1 atom stereocenters. The van der Waals surface area contributed by atoms with Gasteiger partial charge >= 0.3 is 0 Å². The van der Waals surface area contributed by atoms with Crippen molar-refractivity contribution in [1.82, 2.24) is 5.32 Å². The molecule has 0 aromatic rings. The molecular weight excluding hydrogens is 204 g/mol. The van der Waals surface area contributed by atoms with Crippen molar-refractivity contribution < 1.29 is 9.53 Å². The first-order chi connectivity index (χ1) is 7.39. The molecule has 4 heteroatoms. The number of amides is 1. The molecule has 0 aromatic heterocycles. The SMILES string of the molecule is COCCCCCNC(=O)[C@H](N)C(C)(C)C. The van der Waals surface area contributed by atoms with Crippen LogP contribution in [0.25, 0.3) is 0 Å². The van der Waals surface area contributed by atoms with E-state index in [0.29, 0.717) is 6.54 Å². The van der Waals surface area contributed by atoms with Gasteiger partial charge in [-0.25, -0.2) is 0 Å². The lowest BCUT2D eigenvalue weighted by Gasteiger charge is -2.25. The van der Waals surface area contributed by atoms with E-state index in [4.69, 9.17) is 10.5 Å². The monoisotopic (exact) mass is 230 g/mol. The largest absolute Gasteiger partial charge is 0.385 e. The molecule has 16 heavy (non-hydrogen) atoms. The van der Waals surface area contributed by atoms with Crippen LogP contribution in [0.15, 0.2) is 0 Å². The van der Waals surface area contributed by atoms with Gasteiger partial charge in [0, 0.05) is 20.3 Å². The number of carbonyl (C=O) groups is 1. The van der Waals surface area contributed by atoms with Crippen LogP contribution < -0.4 is 11.1 Å². The van der Waals surface area contributed by atoms with Crippen molar-refractivity contribution in [3.8, 4) is 0 Å². The van der Waals surface area contributed by atoms with Gasteiger partial charge in [-0.1, -0.05) is 20.8 Å². The van der Waals surface area contributed by atoms with Crippen LogP contribution in [0.2, 0.25) is 0 Å². The van der Waals surface area contributed by atoms with E-state index in [1.165, 1.54) is 0 Å². The van der Waals surface area contributed by atoms with Crippen molar-refractivity contribution in [1.29, 1.82) is 0 Å². The molecule has 1 amide bonds. The molecule has 0 aliphatic rings. The third-order valence-corrected chi connectivity index (χ3v) is 2.54. The van der Waals surface area contributed by atoms with Gasteiger partial charge in [-0.05, 0) is 24.7 Å². The van der Waals surface area contributed by atoms with E-state index in [2.05, 4.69) is 5.32 Å². The van der Waals surface area contributed by atoms with E-state index in [9.17, 15) is 4.79 Å². The number of carbonyl (C=O) groups excluding carboxylic acids is 1. The molecule has 0 unspecified atom stereocenters. The Bertz CT molecular complexity index is 200. The molecule has 0 rings (SSSR count). The molecule has 0 aliphatic heterocycles. The lowest BCUT2D eigenvalue weighted by atomic mass is 9.87. The molecular formula is C12H26N2O2. The maximum absolute atomic E-state index is 11.6. The van der Waals surface area contributed by atoms with Crippen molar-refractivity contribution in [2.45, 2.75) is 46.1 Å². The molecule has 0 bridgehead atoms. The van der Waals surface area contributed by atoms with Crippen molar-refractivity contribution in [2.24, 2.45) is 11.1 Å². The summed E-state index contributed by atoms with van der Waals surface area (Å²) < 4.78 is 4.95. The third kappa shape index (κ3) is 6.80. The number of rotatable bonds is 7. The molecule has 4 nitrogen and oxygen atoms in total. The summed E-state index contributed by atoms with van der Waals surface area (Å²) in [7, 11) is 1.70. The van der Waals surface area contributed by atoms with E-state index in [0.717, 1.165) is 25.9 Å². The van der Waals surface area contributed by atoms with Gasteiger partial charge in [0.2, 0.25) is 5.91 Å². The maximum atomic E-state index is 11.6. The average Bonchev–Trinajstić information content (AvgIpc) is 2.20. The first-order valence-electron chi connectivity index (χ1n) is 5.92. The van der Waals surface area contributed by atoms with Gasteiger partial charge in [0.1, 0.15) is 0 Å². The van der Waals surface area contributed by atoms with E-state index in [-0.39, 0.29) is 11.3 Å². The molecule has 0 saturated heterocycles. The van der Waals surface area contributed by atoms with Crippen LogP contribution in [-0.2, 0) is 9.53 Å². The zero-order valence-corrected chi connectivity index (χ0v) is 11.0. The zero-order chi connectivity index (χ0) is 12.6. The molecule has 3 N–H and O–H groups in total. The Morgan fingerprint density at radius 3 is 2.44 bits per heavy atom. The Balaban J connectivity index is 3.58. The lowest BCUT2D eigenvalue weighted by molar-refractivity contribution is -0.124. The molecule has 96 valence electrons. The van der Waals surface area contributed by atoms with E-state index < -0.39 is 6.04 Å². The highest BCUT2D eigenvalue weighted by Crippen LogP contribution is 2.17. The summed E-state index contributed by atoms with van der Waals surface area (Å²) >= 11 is 0. The normalized spacial score (nSPS) is 13.6. The summed E-state index contributed by atoms with van der Waals surface area (Å²) in [5.41, 5.74) is 5.64. The number of unbranched alkanes of at least 4 members (excludes halogenated alkanes) is 2. The smallest absolute Gasteiger partial charge is 0.237 e. The number of hydrogen-bond acceptors (Lipinski definition) is 3. The Morgan fingerprint density at radius 2 is 1.94 bits per heavy atom. The van der Waals surface area contributed by atoms with Gasteiger partial charge in [0.25, 0.3) is 0 Å². The summed E-state index contributed by atoms with van der Waals surface area (Å²) in [6, 6.07) is -0.438. The summed E-state index contributed by atoms with van der Waals surface area (Å²) in [6.07, 6.45) is 3.09. The third-order valence-electron chi connectivity index (χ3n) is 2.54. The number of nitrogens with one attached hydrogen (secondary N) is 1. The highest BCUT2D eigenvalue weighted by atomic mass is 16.5. The van der Waals surface area contributed by atoms with Gasteiger partial charge in [0.15, 0.2) is 0 Å². The quantitative estimate of drug-likeness (QED) is 0.648. The van der Waals surface area contributed by atoms with Crippen molar-refractivity contribution in [2.75, 3.05) is 20.3 Å². The Labute approximate surface area is 98.9 Å². The minimum Gasteiger partial charge on any atom is -0.385 e. The van der Waals surface area contributed by atoms with Gasteiger partial charge < -0.3 is 15.8 Å². The molecule has 0 radical (unpaired) electrons. The predicted octanol–water partition coefficient (Wildman–Crippen LogP) is 1.29. The standard InChI is InChI=1S/C12H26N2O2/c1-12(2,3)10(13)11(15)14-8-6-5-7-9-16-4/h10H,5-9,13H2,1-4H3,(H,14,15)/t10-/m0/s1. The number of ether oxygens (including phenoxy) is 1. The van der Waals surface area contributed by atoms with E-state index in [1.54, 1.807) is 7.11 Å². The maximum Gasteiger partial charge on any atom is 0.237 e. The first-order valence-corrected chi connectivity index (χ1v) is 5.92. The highest BCUT2D eigenvalue weighted by molar-refractivity contribution is 5.82. The van der Waals surface area contributed by atoms with Crippen molar-refractivity contribution in [3.05, 3.63) is 0 Å². The van der Waals surface area contributed by atoms with Crippen LogP contribution in [0.4, 0.5) is 0 Å². The second kappa shape index (κ2) is 7.63. The second-order valence-corrected chi connectivity index (χ2v) is 5.19. The summed E-state index contributed by atoms with van der Waals surface area (Å²) in [6.45, 7) is 7.39. The highest BCUT2D eigenvalue weighted by Gasteiger charge is 2.26. The van der Waals surface area contributed by atoms with Crippen LogP contribution in [0.1, 0.15) is 40.0 Å². The first kappa shape index (κ1) is 15.4. The van der Waals surface area contributed by atoms with Crippen LogP contribution >= 0.6 is 0 Å². The van der Waals surface area contributed by atoms with Gasteiger partial charge in [-0.2, -0.15) is 0 Å². The van der Waals surface area contributed by atoms with Crippen LogP contribution in [-0.4, -0.2) is 32.2 Å². The van der Waals surface area contributed by atoms with Gasteiger partial charge in [-0.15, -0.1) is 0 Å². The molecule has 0 aromatic carbocycles. The summed E-state index contributed by atoms with van der Waals surface area (Å²) in [4.78, 5) is 11.6. The number of nitrogens with two attached hydrogens (primary N) is 1. The van der Waals surface area contributed by atoms with Gasteiger partial charge in [0.05, 0.1) is 6.04 Å². The fraction of sp³-hybridized carbons (Fsp3) is 0.917. The van der Waals surface area contributed by atoms with Crippen molar-refractivity contribution in [3.63, 3.8) is 0 Å². The van der Waals surface area contributed by atoms with Crippen LogP contribution in [0.3, 0.4) is 0 Å². The summed E-state index contributed by atoms with van der Waals surface area (Å²) in [5, 5.41) is 2.86.